The van der Waals surface area contributed by atoms with Gasteiger partial charge in [0, 0.05) is 52.0 Å². The maximum atomic E-state index is 14.3. The number of unbranched alkanes of at least 4 members (excludes halogenated alkanes) is 3. The van der Waals surface area contributed by atoms with Crippen molar-refractivity contribution in [1.29, 1.82) is 0 Å². The van der Waals surface area contributed by atoms with Gasteiger partial charge in [0.05, 0.1) is 6.54 Å². The SMILES string of the molecule is C/C=C(\C)C1OC(=O)C(C)NC(=O)C([C@H](C)CC)NC(=O)CN(C)C(=O)C(Cc2ccccc2)N(C)C(=O)C(C)NC(=O)C(CC(C)C)OC(=O)C(C)=CCC(OC(=O)N(C)CCCCCCNC)C1C. The molecule has 71 heavy (non-hydrogen) atoms. The second-order valence-electron chi connectivity index (χ2n) is 19.5. The summed E-state index contributed by atoms with van der Waals surface area (Å²) in [5.41, 5.74) is 1.47. The van der Waals surface area contributed by atoms with Gasteiger partial charge < -0.3 is 50.2 Å². The third-order valence-corrected chi connectivity index (χ3v) is 13.0. The lowest BCUT2D eigenvalue weighted by Gasteiger charge is -2.33. The summed E-state index contributed by atoms with van der Waals surface area (Å²) in [7, 11) is 6.40. The largest absolute Gasteiger partial charge is 0.456 e. The summed E-state index contributed by atoms with van der Waals surface area (Å²) in [6.45, 7) is 17.9. The lowest BCUT2D eigenvalue weighted by molar-refractivity contribution is -0.155. The van der Waals surface area contributed by atoms with Crippen LogP contribution in [0.1, 0.15) is 120 Å². The molecule has 1 aliphatic heterocycles. The minimum absolute atomic E-state index is 0.0176. The average molecular weight is 996 g/mol. The topological polar surface area (TPSA) is 222 Å². The first-order chi connectivity index (χ1) is 33.5. The summed E-state index contributed by atoms with van der Waals surface area (Å²) in [6.07, 6.45) is 3.79. The van der Waals surface area contributed by atoms with E-state index in [2.05, 4.69) is 21.3 Å². The van der Waals surface area contributed by atoms with Crippen molar-refractivity contribution in [2.24, 2.45) is 17.8 Å². The third kappa shape index (κ3) is 20.1. The van der Waals surface area contributed by atoms with Crippen LogP contribution in [0.3, 0.4) is 0 Å². The molecule has 8 unspecified atom stereocenters. The fourth-order valence-corrected chi connectivity index (χ4v) is 8.01. The van der Waals surface area contributed by atoms with Crippen LogP contribution in [0.25, 0.3) is 0 Å². The van der Waals surface area contributed by atoms with Gasteiger partial charge in [-0.25, -0.2) is 14.4 Å². The normalized spacial score (nSPS) is 25.1. The molecular weight excluding hydrogens is 911 g/mol. The van der Waals surface area contributed by atoms with Crippen LogP contribution in [-0.4, -0.2) is 153 Å². The quantitative estimate of drug-likeness (QED) is 0.0781. The first-order valence-corrected chi connectivity index (χ1v) is 25.2. The van der Waals surface area contributed by atoms with E-state index in [9.17, 15) is 38.4 Å². The molecule has 18 heteroatoms. The van der Waals surface area contributed by atoms with Crippen LogP contribution in [0.15, 0.2) is 53.6 Å². The Hall–Kier alpha value is -5.78. The van der Waals surface area contributed by atoms with E-state index in [1.807, 2.05) is 33.9 Å². The molecule has 18 nitrogen and oxygen atoms in total. The van der Waals surface area contributed by atoms with Crippen molar-refractivity contribution in [2.45, 2.75) is 163 Å². The Balaban J connectivity index is 2.70. The van der Waals surface area contributed by atoms with Gasteiger partial charge in [0.2, 0.25) is 23.6 Å². The van der Waals surface area contributed by atoms with Gasteiger partial charge in [0.15, 0.2) is 6.10 Å². The summed E-state index contributed by atoms with van der Waals surface area (Å²) in [5.74, 6) is -6.05. The Kier molecular flexibility index (Phi) is 26.6. The summed E-state index contributed by atoms with van der Waals surface area (Å²) >= 11 is 0. The van der Waals surface area contributed by atoms with Crippen LogP contribution >= 0.6 is 0 Å². The average Bonchev–Trinajstić information content (AvgIpc) is 3.33. The third-order valence-electron chi connectivity index (χ3n) is 13.0. The van der Waals surface area contributed by atoms with Crippen LogP contribution in [-0.2, 0) is 54.2 Å². The summed E-state index contributed by atoms with van der Waals surface area (Å²) in [5, 5.41) is 11.3. The highest BCUT2D eigenvalue weighted by Gasteiger charge is 2.38. The van der Waals surface area contributed by atoms with Gasteiger partial charge in [-0.2, -0.15) is 0 Å². The van der Waals surface area contributed by atoms with Crippen LogP contribution in [0.4, 0.5) is 4.79 Å². The number of cyclic esters (lactones) is 2. The number of carbonyl (C=O) groups excluding carboxylic acids is 8. The molecule has 0 radical (unpaired) electrons. The summed E-state index contributed by atoms with van der Waals surface area (Å²) < 4.78 is 18.1. The Labute approximate surface area is 422 Å². The number of esters is 2. The van der Waals surface area contributed by atoms with Gasteiger partial charge in [-0.1, -0.05) is 96.4 Å². The molecule has 1 aliphatic rings. The molecule has 0 aliphatic carbocycles. The van der Waals surface area contributed by atoms with Gasteiger partial charge in [0.25, 0.3) is 5.91 Å². The Morgan fingerprint density at radius 1 is 0.901 bits per heavy atom. The van der Waals surface area contributed by atoms with E-state index in [4.69, 9.17) is 14.2 Å². The lowest BCUT2D eigenvalue weighted by Crippen LogP contribution is -2.57. The number of ether oxygens (including phenoxy) is 3. The predicted molar refractivity (Wildman–Crippen MR) is 272 cm³/mol. The number of rotatable bonds is 15. The number of hydrogen-bond donors (Lipinski definition) is 4. The zero-order valence-corrected chi connectivity index (χ0v) is 44.9. The minimum Gasteiger partial charge on any atom is -0.456 e. The highest BCUT2D eigenvalue weighted by molar-refractivity contribution is 5.96. The van der Waals surface area contributed by atoms with Crippen LogP contribution in [0.2, 0.25) is 0 Å². The molecule has 2 rings (SSSR count). The molecule has 1 heterocycles. The number of nitrogens with zero attached hydrogens (tertiary/aromatic N) is 3. The highest BCUT2D eigenvalue weighted by atomic mass is 16.6. The zero-order valence-electron chi connectivity index (χ0n) is 44.9. The number of nitrogens with one attached hydrogen (secondary N) is 4. The number of allylic oxidation sites excluding steroid dienone is 1. The van der Waals surface area contributed by atoms with Gasteiger partial charge in [-0.3, -0.25) is 24.0 Å². The molecule has 0 spiro atoms. The van der Waals surface area contributed by atoms with E-state index in [0.29, 0.717) is 18.5 Å². The second-order valence-corrected chi connectivity index (χ2v) is 19.5. The van der Waals surface area contributed by atoms with Crippen LogP contribution in [0.5, 0.6) is 0 Å². The number of likely N-dealkylation sites (N-methyl/N-ethyl adjacent to an activating group) is 2. The van der Waals surface area contributed by atoms with E-state index in [1.165, 1.54) is 49.6 Å². The molecule has 0 fully saturated rings. The predicted octanol–water partition coefficient (Wildman–Crippen LogP) is 5.09. The molecule has 1 aromatic rings. The summed E-state index contributed by atoms with van der Waals surface area (Å²) in [4.78, 5) is 115. The van der Waals surface area contributed by atoms with Crippen LogP contribution < -0.4 is 21.3 Å². The van der Waals surface area contributed by atoms with Crippen molar-refractivity contribution in [3.8, 4) is 0 Å². The van der Waals surface area contributed by atoms with Crippen LogP contribution in [0, 0.1) is 17.8 Å². The lowest BCUT2D eigenvalue weighted by atomic mass is 9.90. The summed E-state index contributed by atoms with van der Waals surface area (Å²) in [6, 6.07) is 4.40. The fourth-order valence-electron chi connectivity index (χ4n) is 8.01. The first kappa shape index (κ1) is 61.3. The van der Waals surface area contributed by atoms with Crippen molar-refractivity contribution in [3.05, 3.63) is 59.2 Å². The molecule has 9 atom stereocenters. The van der Waals surface area contributed by atoms with Crippen molar-refractivity contribution in [3.63, 3.8) is 0 Å². The smallest absolute Gasteiger partial charge is 0.409 e. The standard InChI is InChI=1S/C53H85N7O11/c1-15-34(5)45-48(63)56-39(10)52(67)71-46(35(6)16-2)37(8)42(70-53(68)58(12)29-23-18-17-22-28-54-11)27-26-36(7)51(66)69-43(30-33(3)4)47(62)55-38(9)49(64)60(14)41(31-40-24-20-19-21-25-40)50(65)59(13)32-44(61)57-45/h16,19-21,24-26,33-34,37-39,41-43,45-46,54H,15,17-18,22-23,27-32H2,1-14H3,(H,55,62)(H,56,63)(H,57,61)/b35-16+,36-26?/t34-,37?,38?,39?,41?,42?,43?,45?,46?/m1/s1. The first-order valence-electron chi connectivity index (χ1n) is 25.2. The van der Waals surface area contributed by atoms with E-state index < -0.39 is 108 Å². The molecule has 6 amide bonds. The monoisotopic (exact) mass is 996 g/mol. The molecule has 0 saturated carbocycles. The van der Waals surface area contributed by atoms with Gasteiger partial charge >= 0.3 is 18.0 Å². The second kappa shape index (κ2) is 30.8. The fraction of sp³-hybridized carbons (Fsp3) is 0.660. The minimum atomic E-state index is -1.31. The van der Waals surface area contributed by atoms with E-state index in [0.717, 1.165) is 37.8 Å². The van der Waals surface area contributed by atoms with Gasteiger partial charge in [-0.05, 0) is 90.4 Å². The van der Waals surface area contributed by atoms with Gasteiger partial charge in [-0.15, -0.1) is 0 Å². The molecular formula is C53H85N7O11. The Morgan fingerprint density at radius 2 is 1.54 bits per heavy atom. The van der Waals surface area contributed by atoms with E-state index in [-0.39, 0.29) is 30.8 Å². The number of amides is 6. The van der Waals surface area contributed by atoms with Crippen molar-refractivity contribution in [2.75, 3.05) is 47.8 Å². The Bertz CT molecular complexity index is 1990. The zero-order chi connectivity index (χ0) is 53.5. The van der Waals surface area contributed by atoms with Crippen molar-refractivity contribution in [1.82, 2.24) is 36.0 Å². The number of benzene rings is 1. The van der Waals surface area contributed by atoms with Gasteiger partial charge in [0.1, 0.15) is 36.4 Å². The van der Waals surface area contributed by atoms with E-state index >= 15 is 0 Å². The highest BCUT2D eigenvalue weighted by Crippen LogP contribution is 2.27. The van der Waals surface area contributed by atoms with E-state index in [1.54, 1.807) is 71.2 Å². The Morgan fingerprint density at radius 3 is 2.14 bits per heavy atom. The van der Waals surface area contributed by atoms with Crippen molar-refractivity contribution >= 4 is 47.6 Å². The molecule has 4 N–H and O–H groups in total. The molecule has 1 aromatic carbocycles. The number of hydrogen-bond acceptors (Lipinski definition) is 12. The van der Waals surface area contributed by atoms with Crippen molar-refractivity contribution < 1.29 is 52.6 Å². The molecule has 0 bridgehead atoms. The number of carbonyl (C=O) groups is 8. The molecule has 0 aromatic heterocycles. The molecule has 0 saturated heterocycles. The maximum Gasteiger partial charge on any atom is 0.409 e. The molecule has 398 valence electrons. The maximum absolute atomic E-state index is 14.3.